The van der Waals surface area contributed by atoms with Crippen molar-refractivity contribution < 1.29 is 9.53 Å². The van der Waals surface area contributed by atoms with E-state index in [2.05, 4.69) is 37.9 Å². The minimum absolute atomic E-state index is 0.233. The van der Waals surface area contributed by atoms with Crippen LogP contribution in [0.15, 0.2) is 48.8 Å². The molecule has 2 N–H and O–H groups in total. The van der Waals surface area contributed by atoms with E-state index in [1.165, 1.54) is 5.56 Å². The summed E-state index contributed by atoms with van der Waals surface area (Å²) >= 11 is 0. The summed E-state index contributed by atoms with van der Waals surface area (Å²) in [7, 11) is 0. The van der Waals surface area contributed by atoms with E-state index in [-0.39, 0.29) is 11.3 Å². The molecule has 0 spiro atoms. The number of hydrogen-bond acceptors (Lipinski definition) is 7. The highest BCUT2D eigenvalue weighted by Gasteiger charge is 2.29. The third-order valence-electron chi connectivity index (χ3n) is 6.64. The van der Waals surface area contributed by atoms with E-state index in [4.69, 9.17) is 4.74 Å². The molecule has 0 saturated carbocycles. The van der Waals surface area contributed by atoms with Crippen LogP contribution < -0.4 is 15.6 Å². The van der Waals surface area contributed by atoms with E-state index in [1.54, 1.807) is 0 Å². The molecule has 2 saturated heterocycles. The topological polar surface area (TPSA) is 82.6 Å². The van der Waals surface area contributed by atoms with E-state index in [9.17, 15) is 4.79 Å². The number of hydrazine groups is 1. The maximum absolute atomic E-state index is 12.5. The molecule has 1 atom stereocenters. The lowest BCUT2D eigenvalue weighted by Gasteiger charge is -2.37. The Morgan fingerprint density at radius 2 is 1.89 bits per heavy atom. The van der Waals surface area contributed by atoms with Gasteiger partial charge in [0.15, 0.2) is 0 Å². The second-order valence-corrected chi connectivity index (χ2v) is 10.5. The molecular formula is C27H34N6O2. The van der Waals surface area contributed by atoms with Gasteiger partial charge in [-0.25, -0.2) is 4.98 Å². The molecule has 2 fully saturated rings. The van der Waals surface area contributed by atoms with Crippen LogP contribution >= 0.6 is 0 Å². The Labute approximate surface area is 206 Å². The molecule has 35 heavy (non-hydrogen) atoms. The van der Waals surface area contributed by atoms with Crippen molar-refractivity contribution in [2.24, 2.45) is 5.41 Å². The Kier molecular flexibility index (Phi) is 6.69. The van der Waals surface area contributed by atoms with Crippen LogP contribution in [0, 0.1) is 5.41 Å². The minimum atomic E-state index is -0.322. The summed E-state index contributed by atoms with van der Waals surface area (Å²) in [6.07, 6.45) is 4.85. The second kappa shape index (κ2) is 9.89. The number of nitrogens with one attached hydrogen (secondary N) is 2. The number of piperazine rings is 1. The molecule has 8 heteroatoms. The predicted molar refractivity (Wildman–Crippen MR) is 136 cm³/mol. The Balaban J connectivity index is 1.19. The van der Waals surface area contributed by atoms with Crippen LogP contribution in [-0.4, -0.2) is 58.4 Å². The van der Waals surface area contributed by atoms with Crippen LogP contribution in [-0.2, 0) is 11.3 Å². The molecule has 8 nitrogen and oxygen atoms in total. The number of carbonyl (C=O) groups is 1. The SMILES string of the molecule is CC(C)(C)C(=O)N1CCN(Cc2cnc3cc(Oc4ccc(C5CCNN5)cn4)ccc3c2)CC1. The van der Waals surface area contributed by atoms with E-state index in [0.29, 0.717) is 11.9 Å². The molecule has 184 valence electrons. The molecule has 2 aliphatic rings. The number of rotatable bonds is 5. The average molecular weight is 475 g/mol. The third-order valence-corrected chi connectivity index (χ3v) is 6.64. The Bertz CT molecular complexity index is 1180. The van der Waals surface area contributed by atoms with Crippen molar-refractivity contribution in [2.45, 2.75) is 39.8 Å². The molecule has 1 unspecified atom stereocenters. The highest BCUT2D eigenvalue weighted by atomic mass is 16.5. The lowest BCUT2D eigenvalue weighted by atomic mass is 9.94. The smallest absolute Gasteiger partial charge is 0.228 e. The maximum Gasteiger partial charge on any atom is 0.228 e. The van der Waals surface area contributed by atoms with Crippen molar-refractivity contribution in [3.05, 3.63) is 59.9 Å². The highest BCUT2D eigenvalue weighted by molar-refractivity contribution is 5.82. The van der Waals surface area contributed by atoms with Gasteiger partial charge in [0.25, 0.3) is 0 Å². The molecule has 5 rings (SSSR count). The summed E-state index contributed by atoms with van der Waals surface area (Å²) in [5, 5.41) is 1.08. The van der Waals surface area contributed by atoms with Crippen molar-refractivity contribution in [2.75, 3.05) is 32.7 Å². The molecule has 0 aliphatic carbocycles. The van der Waals surface area contributed by atoms with E-state index in [1.807, 2.05) is 62.3 Å². The van der Waals surface area contributed by atoms with E-state index in [0.717, 1.165) is 67.9 Å². The molecule has 1 amide bonds. The Hall–Kier alpha value is -3.07. The van der Waals surface area contributed by atoms with Gasteiger partial charge in [-0.3, -0.25) is 25.5 Å². The quantitative estimate of drug-likeness (QED) is 0.584. The zero-order chi connectivity index (χ0) is 24.4. The average Bonchev–Trinajstić information content (AvgIpc) is 3.39. The zero-order valence-corrected chi connectivity index (χ0v) is 20.8. The number of fused-ring (bicyclic) bond motifs is 1. The summed E-state index contributed by atoms with van der Waals surface area (Å²) in [4.78, 5) is 26.0. The first-order valence-corrected chi connectivity index (χ1v) is 12.4. The van der Waals surface area contributed by atoms with Gasteiger partial charge in [-0.1, -0.05) is 26.8 Å². The van der Waals surface area contributed by atoms with Gasteiger partial charge in [-0.15, -0.1) is 0 Å². The number of nitrogens with zero attached hydrogens (tertiary/aromatic N) is 4. The van der Waals surface area contributed by atoms with Crippen LogP contribution in [0.4, 0.5) is 0 Å². The number of carbonyl (C=O) groups excluding carboxylic acids is 1. The predicted octanol–water partition coefficient (Wildman–Crippen LogP) is 3.65. The van der Waals surface area contributed by atoms with E-state index >= 15 is 0 Å². The van der Waals surface area contributed by atoms with Gasteiger partial charge in [0.05, 0.1) is 5.52 Å². The standard InChI is InChI=1S/C27H34N6O2/c1-27(2,3)26(34)33-12-10-32(11-13-33)18-19-14-20-4-6-22(15-24(20)28-16-19)35-25-7-5-21(17-29-25)23-8-9-30-31-23/h4-7,14-17,23,30-31H,8-13,18H2,1-3H3. The number of aromatic nitrogens is 2. The Morgan fingerprint density at radius 3 is 2.57 bits per heavy atom. The van der Waals surface area contributed by atoms with Gasteiger partial charge >= 0.3 is 0 Å². The fourth-order valence-electron chi connectivity index (χ4n) is 4.65. The van der Waals surface area contributed by atoms with Crippen molar-refractivity contribution in [3.63, 3.8) is 0 Å². The van der Waals surface area contributed by atoms with Gasteiger partial charge in [0.1, 0.15) is 5.75 Å². The van der Waals surface area contributed by atoms with Crippen LogP contribution in [0.2, 0.25) is 0 Å². The first-order valence-electron chi connectivity index (χ1n) is 12.4. The lowest BCUT2D eigenvalue weighted by Crippen LogP contribution is -2.51. The molecule has 4 heterocycles. The van der Waals surface area contributed by atoms with Gasteiger partial charge in [-0.05, 0) is 35.7 Å². The largest absolute Gasteiger partial charge is 0.439 e. The van der Waals surface area contributed by atoms with E-state index < -0.39 is 0 Å². The molecule has 3 aromatic rings. The van der Waals surface area contributed by atoms with Gasteiger partial charge in [0.2, 0.25) is 11.8 Å². The van der Waals surface area contributed by atoms with Crippen LogP contribution in [0.5, 0.6) is 11.6 Å². The molecule has 0 bridgehead atoms. The summed E-state index contributed by atoms with van der Waals surface area (Å²) in [6, 6.07) is 12.4. The zero-order valence-electron chi connectivity index (χ0n) is 20.8. The summed E-state index contributed by atoms with van der Waals surface area (Å²) in [5.41, 5.74) is 9.29. The number of hydrogen-bond donors (Lipinski definition) is 2. The van der Waals surface area contributed by atoms with Crippen molar-refractivity contribution >= 4 is 16.8 Å². The summed E-state index contributed by atoms with van der Waals surface area (Å²) in [6.45, 7) is 11.1. The summed E-state index contributed by atoms with van der Waals surface area (Å²) < 4.78 is 5.98. The normalized spacial score (nSPS) is 19.3. The number of benzene rings is 1. The third kappa shape index (κ3) is 5.61. The fourth-order valence-corrected chi connectivity index (χ4v) is 4.65. The number of pyridine rings is 2. The number of ether oxygens (including phenoxy) is 1. The van der Waals surface area contributed by atoms with Crippen molar-refractivity contribution in [1.29, 1.82) is 0 Å². The first-order chi connectivity index (χ1) is 16.8. The number of amides is 1. The van der Waals surface area contributed by atoms with Gasteiger partial charge < -0.3 is 9.64 Å². The van der Waals surface area contributed by atoms with Crippen molar-refractivity contribution in [1.82, 2.24) is 30.6 Å². The minimum Gasteiger partial charge on any atom is -0.439 e. The first kappa shape index (κ1) is 23.7. The molecule has 0 radical (unpaired) electrons. The van der Waals surface area contributed by atoms with Crippen LogP contribution in [0.25, 0.3) is 10.9 Å². The van der Waals surface area contributed by atoms with Gasteiger partial charge in [0, 0.05) is 80.6 Å². The molecule has 1 aromatic carbocycles. The second-order valence-electron chi connectivity index (χ2n) is 10.5. The Morgan fingerprint density at radius 1 is 1.06 bits per heavy atom. The maximum atomic E-state index is 12.5. The van der Waals surface area contributed by atoms with Crippen molar-refractivity contribution in [3.8, 4) is 11.6 Å². The fraction of sp³-hybridized carbons (Fsp3) is 0.444. The molecule has 2 aromatic heterocycles. The molecule has 2 aliphatic heterocycles. The van der Waals surface area contributed by atoms with Crippen LogP contribution in [0.1, 0.15) is 44.4 Å². The highest BCUT2D eigenvalue weighted by Crippen LogP contribution is 2.26. The lowest BCUT2D eigenvalue weighted by molar-refractivity contribution is -0.141. The monoisotopic (exact) mass is 474 g/mol. The molecular weight excluding hydrogens is 440 g/mol. The van der Waals surface area contributed by atoms with Gasteiger partial charge in [-0.2, -0.15) is 0 Å². The summed E-state index contributed by atoms with van der Waals surface area (Å²) in [5.74, 6) is 1.52. The van der Waals surface area contributed by atoms with Crippen LogP contribution in [0.3, 0.4) is 0 Å².